The van der Waals surface area contributed by atoms with Crippen LogP contribution in [0.15, 0.2) is 24.4 Å². The first-order valence-electron chi connectivity index (χ1n) is 4.80. The standard InChI is InChI=1S/C10H17N3O/c1-2-14-8-10(13-11)7-9-5-3-4-6-12-9/h3-6,10,13H,2,7-8,11H2,1H3. The zero-order valence-electron chi connectivity index (χ0n) is 8.44. The van der Waals surface area contributed by atoms with Crippen LogP contribution in [0.3, 0.4) is 0 Å². The Labute approximate surface area is 84.4 Å². The summed E-state index contributed by atoms with van der Waals surface area (Å²) in [7, 11) is 0. The summed E-state index contributed by atoms with van der Waals surface area (Å²) in [6.45, 7) is 3.29. The molecule has 0 radical (unpaired) electrons. The maximum absolute atomic E-state index is 5.40. The van der Waals surface area contributed by atoms with E-state index in [9.17, 15) is 0 Å². The third-order valence-electron chi connectivity index (χ3n) is 1.94. The fourth-order valence-corrected chi connectivity index (χ4v) is 1.20. The molecule has 0 saturated heterocycles. The van der Waals surface area contributed by atoms with Crippen LogP contribution >= 0.6 is 0 Å². The molecular formula is C10H17N3O. The van der Waals surface area contributed by atoms with Gasteiger partial charge in [-0.1, -0.05) is 6.07 Å². The summed E-state index contributed by atoms with van der Waals surface area (Å²) >= 11 is 0. The molecule has 4 heteroatoms. The number of hydrazine groups is 1. The van der Waals surface area contributed by atoms with E-state index in [4.69, 9.17) is 10.6 Å². The molecule has 78 valence electrons. The molecule has 0 saturated carbocycles. The van der Waals surface area contributed by atoms with E-state index in [1.165, 1.54) is 0 Å². The highest BCUT2D eigenvalue weighted by molar-refractivity contribution is 5.05. The van der Waals surface area contributed by atoms with Gasteiger partial charge in [-0.05, 0) is 19.1 Å². The van der Waals surface area contributed by atoms with E-state index in [1.807, 2.05) is 25.1 Å². The number of ether oxygens (including phenoxy) is 1. The Morgan fingerprint density at radius 1 is 1.57 bits per heavy atom. The van der Waals surface area contributed by atoms with Crippen molar-refractivity contribution in [2.24, 2.45) is 5.84 Å². The second-order valence-electron chi connectivity index (χ2n) is 3.05. The Bertz CT molecular complexity index is 240. The van der Waals surface area contributed by atoms with Gasteiger partial charge in [-0.25, -0.2) is 0 Å². The van der Waals surface area contributed by atoms with E-state index < -0.39 is 0 Å². The molecule has 0 bridgehead atoms. The van der Waals surface area contributed by atoms with Crippen molar-refractivity contribution in [1.29, 1.82) is 0 Å². The van der Waals surface area contributed by atoms with E-state index in [0.29, 0.717) is 13.2 Å². The molecule has 14 heavy (non-hydrogen) atoms. The van der Waals surface area contributed by atoms with Gasteiger partial charge in [-0.15, -0.1) is 0 Å². The van der Waals surface area contributed by atoms with Crippen LogP contribution in [0.25, 0.3) is 0 Å². The largest absolute Gasteiger partial charge is 0.380 e. The second kappa shape index (κ2) is 6.48. The smallest absolute Gasteiger partial charge is 0.0636 e. The summed E-state index contributed by atoms with van der Waals surface area (Å²) in [5.41, 5.74) is 3.74. The van der Waals surface area contributed by atoms with Crippen LogP contribution < -0.4 is 11.3 Å². The van der Waals surface area contributed by atoms with Gasteiger partial charge in [0.05, 0.1) is 6.61 Å². The van der Waals surface area contributed by atoms with Crippen molar-refractivity contribution in [1.82, 2.24) is 10.4 Å². The monoisotopic (exact) mass is 195 g/mol. The van der Waals surface area contributed by atoms with Crippen LogP contribution in [-0.2, 0) is 11.2 Å². The Morgan fingerprint density at radius 2 is 2.43 bits per heavy atom. The van der Waals surface area contributed by atoms with Crippen LogP contribution in [0.2, 0.25) is 0 Å². The number of nitrogens with two attached hydrogens (primary N) is 1. The van der Waals surface area contributed by atoms with Crippen molar-refractivity contribution in [3.8, 4) is 0 Å². The van der Waals surface area contributed by atoms with Crippen molar-refractivity contribution < 1.29 is 4.74 Å². The molecule has 3 N–H and O–H groups in total. The molecular weight excluding hydrogens is 178 g/mol. The molecule has 0 aliphatic rings. The Kier molecular flexibility index (Phi) is 5.14. The van der Waals surface area contributed by atoms with E-state index in [1.54, 1.807) is 6.20 Å². The highest BCUT2D eigenvalue weighted by Crippen LogP contribution is 1.99. The third-order valence-corrected chi connectivity index (χ3v) is 1.94. The van der Waals surface area contributed by atoms with Gasteiger partial charge in [-0.3, -0.25) is 16.3 Å². The third kappa shape index (κ3) is 3.83. The van der Waals surface area contributed by atoms with Gasteiger partial charge in [0.2, 0.25) is 0 Å². The molecule has 0 aromatic carbocycles. The molecule has 1 aromatic heterocycles. The van der Waals surface area contributed by atoms with Gasteiger partial charge in [0, 0.05) is 31.0 Å². The average Bonchev–Trinajstić information content (AvgIpc) is 2.25. The molecule has 0 fully saturated rings. The maximum atomic E-state index is 5.40. The molecule has 0 aliphatic heterocycles. The first-order chi connectivity index (χ1) is 6.86. The SMILES string of the molecule is CCOCC(Cc1ccccn1)NN. The molecule has 0 aliphatic carbocycles. The number of rotatable bonds is 6. The second-order valence-corrected chi connectivity index (χ2v) is 3.05. The highest BCUT2D eigenvalue weighted by Gasteiger charge is 2.07. The van der Waals surface area contributed by atoms with Crippen molar-refractivity contribution in [2.45, 2.75) is 19.4 Å². The lowest BCUT2D eigenvalue weighted by Crippen LogP contribution is -2.40. The lowest BCUT2D eigenvalue weighted by atomic mass is 10.1. The Hall–Kier alpha value is -0.970. The van der Waals surface area contributed by atoms with E-state index >= 15 is 0 Å². The molecule has 1 atom stereocenters. The molecule has 4 nitrogen and oxygen atoms in total. The minimum absolute atomic E-state index is 0.129. The number of nitrogens with one attached hydrogen (secondary N) is 1. The molecule has 1 heterocycles. The summed E-state index contributed by atoms with van der Waals surface area (Å²) in [5.74, 6) is 5.40. The summed E-state index contributed by atoms with van der Waals surface area (Å²) < 4.78 is 5.29. The van der Waals surface area contributed by atoms with Crippen molar-refractivity contribution in [2.75, 3.05) is 13.2 Å². The number of hydrogen-bond acceptors (Lipinski definition) is 4. The van der Waals surface area contributed by atoms with Gasteiger partial charge in [0.25, 0.3) is 0 Å². The first-order valence-corrected chi connectivity index (χ1v) is 4.80. The van der Waals surface area contributed by atoms with Gasteiger partial charge in [0.1, 0.15) is 0 Å². The number of hydrogen-bond donors (Lipinski definition) is 2. The lowest BCUT2D eigenvalue weighted by Gasteiger charge is -2.14. The van der Waals surface area contributed by atoms with Gasteiger partial charge >= 0.3 is 0 Å². The molecule has 0 amide bonds. The first kappa shape index (κ1) is 11.1. The summed E-state index contributed by atoms with van der Waals surface area (Å²) in [6.07, 6.45) is 2.57. The molecule has 1 unspecified atom stereocenters. The minimum atomic E-state index is 0.129. The maximum Gasteiger partial charge on any atom is 0.0636 e. The zero-order chi connectivity index (χ0) is 10.2. The van der Waals surface area contributed by atoms with Crippen LogP contribution in [0.1, 0.15) is 12.6 Å². The van der Waals surface area contributed by atoms with Gasteiger partial charge in [0.15, 0.2) is 0 Å². The van der Waals surface area contributed by atoms with E-state index in [0.717, 1.165) is 12.1 Å². The zero-order valence-corrected chi connectivity index (χ0v) is 8.44. The highest BCUT2D eigenvalue weighted by atomic mass is 16.5. The van der Waals surface area contributed by atoms with Crippen LogP contribution in [0, 0.1) is 0 Å². The number of nitrogens with zero attached hydrogens (tertiary/aromatic N) is 1. The van der Waals surface area contributed by atoms with Crippen LogP contribution in [-0.4, -0.2) is 24.2 Å². The molecule has 1 aromatic rings. The molecule has 1 rings (SSSR count). The predicted octanol–water partition coefficient (Wildman–Crippen LogP) is 0.493. The predicted molar refractivity (Wildman–Crippen MR) is 55.5 cm³/mol. The van der Waals surface area contributed by atoms with E-state index in [-0.39, 0.29) is 6.04 Å². The van der Waals surface area contributed by atoms with Crippen LogP contribution in [0.5, 0.6) is 0 Å². The lowest BCUT2D eigenvalue weighted by molar-refractivity contribution is 0.122. The normalized spacial score (nSPS) is 12.7. The fourth-order valence-electron chi connectivity index (χ4n) is 1.20. The van der Waals surface area contributed by atoms with Gasteiger partial charge in [-0.2, -0.15) is 0 Å². The minimum Gasteiger partial charge on any atom is -0.380 e. The van der Waals surface area contributed by atoms with E-state index in [2.05, 4.69) is 10.4 Å². The van der Waals surface area contributed by atoms with Crippen LogP contribution in [0.4, 0.5) is 0 Å². The molecule has 0 spiro atoms. The average molecular weight is 195 g/mol. The summed E-state index contributed by atoms with van der Waals surface area (Å²) in [4.78, 5) is 4.22. The topological polar surface area (TPSA) is 60.2 Å². The number of pyridine rings is 1. The van der Waals surface area contributed by atoms with Crippen molar-refractivity contribution in [3.63, 3.8) is 0 Å². The quantitative estimate of drug-likeness (QED) is 0.512. The van der Waals surface area contributed by atoms with Crippen molar-refractivity contribution >= 4 is 0 Å². The summed E-state index contributed by atoms with van der Waals surface area (Å²) in [5, 5.41) is 0. The Balaban J connectivity index is 2.40. The fraction of sp³-hybridized carbons (Fsp3) is 0.500. The van der Waals surface area contributed by atoms with Crippen molar-refractivity contribution in [3.05, 3.63) is 30.1 Å². The van der Waals surface area contributed by atoms with Gasteiger partial charge < -0.3 is 4.74 Å². The number of aromatic nitrogens is 1. The Morgan fingerprint density at radius 3 is 3.00 bits per heavy atom. The summed E-state index contributed by atoms with van der Waals surface area (Å²) in [6, 6.07) is 5.98.